The zero-order valence-corrected chi connectivity index (χ0v) is 13.7. The van der Waals surface area contributed by atoms with Crippen LogP contribution in [-0.2, 0) is 7.05 Å². The highest BCUT2D eigenvalue weighted by atomic mass is 16.5. The molecule has 1 saturated carbocycles. The van der Waals surface area contributed by atoms with Crippen molar-refractivity contribution in [1.82, 2.24) is 14.1 Å². The largest absolute Gasteiger partial charge is 0.490 e. The van der Waals surface area contributed by atoms with Crippen LogP contribution in [0.5, 0.6) is 5.75 Å². The summed E-state index contributed by atoms with van der Waals surface area (Å²) in [7, 11) is 2.95. The summed E-state index contributed by atoms with van der Waals surface area (Å²) in [4.78, 5) is 28.9. The molecule has 8 heteroatoms. The van der Waals surface area contributed by atoms with Crippen LogP contribution >= 0.6 is 0 Å². The summed E-state index contributed by atoms with van der Waals surface area (Å²) in [6.07, 6.45) is 5.80. The second-order valence-electron chi connectivity index (χ2n) is 6.05. The van der Waals surface area contributed by atoms with Gasteiger partial charge >= 0.3 is 11.2 Å². The van der Waals surface area contributed by atoms with Gasteiger partial charge in [-0.2, -0.15) is 0 Å². The summed E-state index contributed by atoms with van der Waals surface area (Å²) < 4.78 is 7.37. The fourth-order valence-electron chi connectivity index (χ4n) is 2.97. The number of nitrogens with one attached hydrogen (secondary N) is 1. The van der Waals surface area contributed by atoms with Gasteiger partial charge in [0.25, 0.3) is 0 Å². The topological polar surface area (TPSA) is 104 Å². The molecule has 0 saturated heterocycles. The van der Waals surface area contributed by atoms with Gasteiger partial charge in [0, 0.05) is 19.1 Å². The minimum absolute atomic E-state index is 0.0965. The number of hydrogen-bond donors (Lipinski definition) is 2. The van der Waals surface area contributed by atoms with Gasteiger partial charge in [-0.25, -0.2) is 14.3 Å². The third-order valence-electron chi connectivity index (χ3n) is 4.27. The quantitative estimate of drug-likeness (QED) is 0.831. The number of nitrogens with zero attached hydrogens (tertiary/aromatic N) is 3. The number of pyridine rings is 1. The third kappa shape index (κ3) is 3.05. The van der Waals surface area contributed by atoms with Crippen molar-refractivity contribution in [2.75, 3.05) is 12.4 Å². The number of aromatic nitrogens is 3. The van der Waals surface area contributed by atoms with E-state index in [-0.39, 0.29) is 11.8 Å². The molecule has 24 heavy (non-hydrogen) atoms. The van der Waals surface area contributed by atoms with E-state index in [2.05, 4.69) is 10.3 Å². The van der Waals surface area contributed by atoms with Crippen LogP contribution in [0.15, 0.2) is 34.1 Å². The van der Waals surface area contributed by atoms with Crippen LogP contribution in [-0.4, -0.2) is 33.3 Å². The molecule has 0 radical (unpaired) electrons. The molecule has 0 spiro atoms. The molecule has 1 fully saturated rings. The van der Waals surface area contributed by atoms with E-state index >= 15 is 0 Å². The Kier molecular flexibility index (Phi) is 4.39. The first kappa shape index (κ1) is 16.3. The molecule has 0 aliphatic heterocycles. The van der Waals surface area contributed by atoms with Crippen LogP contribution in [0.25, 0.3) is 5.69 Å². The Bertz CT molecular complexity index is 840. The smallest absolute Gasteiger partial charge is 0.335 e. The van der Waals surface area contributed by atoms with Crippen molar-refractivity contribution >= 4 is 5.82 Å². The Morgan fingerprint density at radius 3 is 2.71 bits per heavy atom. The van der Waals surface area contributed by atoms with E-state index in [1.807, 2.05) is 0 Å². The summed E-state index contributed by atoms with van der Waals surface area (Å²) >= 11 is 0. The molecule has 3 rings (SSSR count). The second kappa shape index (κ2) is 6.48. The molecule has 1 aliphatic rings. The van der Waals surface area contributed by atoms with Gasteiger partial charge in [0.05, 0.1) is 25.2 Å². The van der Waals surface area contributed by atoms with Gasteiger partial charge in [-0.1, -0.05) is 0 Å². The van der Waals surface area contributed by atoms with Crippen molar-refractivity contribution in [2.24, 2.45) is 12.8 Å². The van der Waals surface area contributed by atoms with E-state index in [0.29, 0.717) is 17.5 Å². The van der Waals surface area contributed by atoms with Crippen LogP contribution in [0.1, 0.15) is 19.3 Å². The van der Waals surface area contributed by atoms with Gasteiger partial charge < -0.3 is 15.8 Å². The second-order valence-corrected chi connectivity index (χ2v) is 6.05. The SMILES string of the molecule is COc1cn(C)c(=O)n(-c2ccc(N[C@H]3CC[C@H](N)C3)nc2)c1=O. The maximum atomic E-state index is 12.3. The van der Waals surface area contributed by atoms with Gasteiger partial charge in [0.1, 0.15) is 5.82 Å². The van der Waals surface area contributed by atoms with Crippen molar-refractivity contribution in [2.45, 2.75) is 31.3 Å². The van der Waals surface area contributed by atoms with E-state index < -0.39 is 11.2 Å². The maximum Gasteiger partial charge on any atom is 0.335 e. The molecular formula is C16H21N5O3. The highest BCUT2D eigenvalue weighted by Crippen LogP contribution is 2.21. The molecule has 0 unspecified atom stereocenters. The van der Waals surface area contributed by atoms with Crippen molar-refractivity contribution in [3.8, 4) is 11.4 Å². The molecule has 3 N–H and O–H groups in total. The summed E-state index contributed by atoms with van der Waals surface area (Å²) in [5.41, 5.74) is 5.34. The van der Waals surface area contributed by atoms with Crippen LogP contribution in [0.2, 0.25) is 0 Å². The van der Waals surface area contributed by atoms with Gasteiger partial charge in [0.2, 0.25) is 5.75 Å². The lowest BCUT2D eigenvalue weighted by atomic mass is 10.2. The highest BCUT2D eigenvalue weighted by Gasteiger charge is 2.21. The lowest BCUT2D eigenvalue weighted by Crippen LogP contribution is -2.37. The summed E-state index contributed by atoms with van der Waals surface area (Å²) in [6.45, 7) is 0. The zero-order valence-electron chi connectivity index (χ0n) is 13.7. The average molecular weight is 331 g/mol. The molecule has 1 aliphatic carbocycles. The van der Waals surface area contributed by atoms with E-state index in [0.717, 1.165) is 23.8 Å². The number of hydrogen-bond acceptors (Lipinski definition) is 6. The normalized spacial score (nSPS) is 20.1. The number of rotatable bonds is 4. The Labute approximate surface area is 138 Å². The van der Waals surface area contributed by atoms with E-state index in [1.165, 1.54) is 24.1 Å². The maximum absolute atomic E-state index is 12.3. The van der Waals surface area contributed by atoms with E-state index in [9.17, 15) is 9.59 Å². The Hall–Kier alpha value is -2.61. The lowest BCUT2D eigenvalue weighted by molar-refractivity contribution is 0.398. The molecular weight excluding hydrogens is 310 g/mol. The monoisotopic (exact) mass is 331 g/mol. The first-order valence-corrected chi connectivity index (χ1v) is 7.85. The van der Waals surface area contributed by atoms with Gasteiger partial charge in [-0.3, -0.25) is 9.36 Å². The summed E-state index contributed by atoms with van der Waals surface area (Å²) in [5, 5.41) is 3.33. The molecule has 128 valence electrons. The minimum Gasteiger partial charge on any atom is -0.490 e. The van der Waals surface area contributed by atoms with Crippen LogP contribution in [0, 0.1) is 0 Å². The van der Waals surface area contributed by atoms with Crippen molar-refractivity contribution in [3.63, 3.8) is 0 Å². The number of ether oxygens (including phenoxy) is 1. The Balaban J connectivity index is 1.90. The van der Waals surface area contributed by atoms with E-state index in [4.69, 9.17) is 10.5 Å². The number of methoxy groups -OCH3 is 1. The zero-order chi connectivity index (χ0) is 17.3. The molecule has 0 amide bonds. The molecule has 2 atom stereocenters. The minimum atomic E-state index is -0.509. The van der Waals surface area contributed by atoms with E-state index in [1.54, 1.807) is 19.2 Å². The van der Waals surface area contributed by atoms with Crippen molar-refractivity contribution in [1.29, 1.82) is 0 Å². The Morgan fingerprint density at radius 2 is 2.12 bits per heavy atom. The fourth-order valence-corrected chi connectivity index (χ4v) is 2.97. The number of aryl methyl sites for hydroxylation is 1. The van der Waals surface area contributed by atoms with Crippen molar-refractivity contribution < 1.29 is 4.74 Å². The lowest BCUT2D eigenvalue weighted by Gasteiger charge is -2.14. The Morgan fingerprint density at radius 1 is 1.33 bits per heavy atom. The fraction of sp³-hybridized carbons (Fsp3) is 0.438. The molecule has 8 nitrogen and oxygen atoms in total. The van der Waals surface area contributed by atoms with Crippen LogP contribution in [0.4, 0.5) is 5.82 Å². The average Bonchev–Trinajstić information content (AvgIpc) is 2.97. The predicted molar refractivity (Wildman–Crippen MR) is 90.9 cm³/mol. The first-order chi connectivity index (χ1) is 11.5. The van der Waals surface area contributed by atoms with Gasteiger partial charge in [-0.05, 0) is 31.4 Å². The first-order valence-electron chi connectivity index (χ1n) is 7.85. The van der Waals surface area contributed by atoms with Gasteiger partial charge in [-0.15, -0.1) is 0 Å². The standard InChI is InChI=1S/C16H21N5O3/c1-20-9-13(24-2)15(22)21(16(20)23)12-5-6-14(18-8-12)19-11-4-3-10(17)7-11/h5-6,8-11H,3-4,7,17H2,1-2H3,(H,18,19)/t10-,11-/m0/s1. The summed E-state index contributed by atoms with van der Waals surface area (Å²) in [6, 6.07) is 3.99. The van der Waals surface area contributed by atoms with Crippen molar-refractivity contribution in [3.05, 3.63) is 45.4 Å². The molecule has 2 aromatic heterocycles. The van der Waals surface area contributed by atoms with Crippen LogP contribution in [0.3, 0.4) is 0 Å². The molecule has 0 bridgehead atoms. The predicted octanol–water partition coefficient (Wildman–Crippen LogP) is 0.232. The highest BCUT2D eigenvalue weighted by molar-refractivity contribution is 5.42. The van der Waals surface area contributed by atoms with Gasteiger partial charge in [0.15, 0.2) is 0 Å². The summed E-state index contributed by atoms with van der Waals surface area (Å²) in [5.74, 6) is 0.796. The number of nitrogens with two attached hydrogens (primary N) is 1. The van der Waals surface area contributed by atoms with Crippen LogP contribution < -0.4 is 27.0 Å². The molecule has 0 aromatic carbocycles. The molecule has 2 aromatic rings. The molecule has 2 heterocycles. The number of anilines is 1. The third-order valence-corrected chi connectivity index (χ3v) is 4.27.